The Balaban J connectivity index is 1.42. The van der Waals surface area contributed by atoms with Crippen LogP contribution in [-0.2, 0) is 22.5 Å². The van der Waals surface area contributed by atoms with Crippen LogP contribution in [0.15, 0.2) is 79.1 Å². The van der Waals surface area contributed by atoms with Crippen molar-refractivity contribution in [3.63, 3.8) is 0 Å². The van der Waals surface area contributed by atoms with Crippen LogP contribution in [-0.4, -0.2) is 29.3 Å². The van der Waals surface area contributed by atoms with E-state index in [-0.39, 0.29) is 12.6 Å². The molecular weight excluding hydrogens is 416 g/mol. The number of rotatable bonds is 10. The molecule has 0 saturated carbocycles. The number of carboxylic acid groups (broad SMARTS) is 1. The van der Waals surface area contributed by atoms with Crippen molar-refractivity contribution in [3.8, 4) is 5.75 Å². The highest BCUT2D eigenvalue weighted by Crippen LogP contribution is 2.36. The number of aromatic nitrogens is 1. The summed E-state index contributed by atoms with van der Waals surface area (Å²) in [6, 6.07) is 20.1. The van der Waals surface area contributed by atoms with Crippen LogP contribution in [0, 0.1) is 0 Å². The molecule has 1 atom stereocenters. The van der Waals surface area contributed by atoms with Crippen LogP contribution in [0.1, 0.15) is 41.1 Å². The second-order valence-electron chi connectivity index (χ2n) is 8.01. The van der Waals surface area contributed by atoms with Crippen molar-refractivity contribution < 1.29 is 19.5 Å². The minimum atomic E-state index is -0.975. The average Bonchev–Trinajstić information content (AvgIpc) is 2.85. The van der Waals surface area contributed by atoms with Crippen molar-refractivity contribution >= 4 is 11.5 Å². The molecule has 33 heavy (non-hydrogen) atoms. The predicted molar refractivity (Wildman–Crippen MR) is 127 cm³/mol. The summed E-state index contributed by atoms with van der Waals surface area (Å²) in [5.74, 6) is -0.323. The zero-order chi connectivity index (χ0) is 22.9. The van der Waals surface area contributed by atoms with Gasteiger partial charge in [-0.2, -0.15) is 5.48 Å². The Morgan fingerprint density at radius 3 is 2.76 bits per heavy atom. The van der Waals surface area contributed by atoms with E-state index in [4.69, 9.17) is 14.7 Å². The molecule has 2 N–H and O–H groups in total. The van der Waals surface area contributed by atoms with Crippen LogP contribution >= 0.6 is 0 Å². The van der Waals surface area contributed by atoms with E-state index in [0.717, 1.165) is 42.4 Å². The molecule has 0 bridgehead atoms. The maximum Gasteiger partial charge on any atom is 0.341 e. The predicted octanol–water partition coefficient (Wildman–Crippen LogP) is 4.77. The Hall–Kier alpha value is -3.48. The van der Waals surface area contributed by atoms with Gasteiger partial charge in [0.1, 0.15) is 5.75 Å². The second-order valence-corrected chi connectivity index (χ2v) is 8.01. The van der Waals surface area contributed by atoms with Crippen molar-refractivity contribution in [1.82, 2.24) is 10.5 Å². The minimum absolute atomic E-state index is 0.0193. The number of fused-ring (bicyclic) bond motifs is 1. The Morgan fingerprint density at radius 2 is 1.97 bits per heavy atom. The smallest absolute Gasteiger partial charge is 0.341 e. The monoisotopic (exact) mass is 444 g/mol. The molecule has 0 aliphatic heterocycles. The molecule has 0 amide bonds. The van der Waals surface area contributed by atoms with Crippen molar-refractivity contribution in [2.45, 2.75) is 31.7 Å². The van der Waals surface area contributed by atoms with Gasteiger partial charge < -0.3 is 9.84 Å². The number of carbonyl (C=O) groups is 1. The summed E-state index contributed by atoms with van der Waals surface area (Å²) in [5, 5.41) is 8.93. The minimum Gasteiger partial charge on any atom is -0.482 e. The third-order valence-electron chi connectivity index (χ3n) is 5.71. The number of hydrogen-bond donors (Lipinski definition) is 2. The van der Waals surface area contributed by atoms with Crippen molar-refractivity contribution in [2.24, 2.45) is 0 Å². The first-order valence-electron chi connectivity index (χ1n) is 11.2. The maximum absolute atomic E-state index is 10.9. The van der Waals surface area contributed by atoms with Gasteiger partial charge in [0, 0.05) is 18.0 Å². The lowest BCUT2D eigenvalue weighted by molar-refractivity contribution is -0.139. The Labute approximate surface area is 193 Å². The van der Waals surface area contributed by atoms with E-state index < -0.39 is 5.97 Å². The molecule has 170 valence electrons. The average molecular weight is 445 g/mol. The highest BCUT2D eigenvalue weighted by Gasteiger charge is 2.18. The number of nitrogens with one attached hydrogen (secondary N) is 1. The van der Waals surface area contributed by atoms with E-state index in [0.29, 0.717) is 12.4 Å². The van der Waals surface area contributed by atoms with Gasteiger partial charge in [-0.05, 0) is 60.1 Å². The number of carboxylic acids is 1. The van der Waals surface area contributed by atoms with Gasteiger partial charge in [0.25, 0.3) is 0 Å². The SMILES string of the molecule is O=C(O)COc1cccc2c1CCC/C2=C/CONC(Cc1ccccc1)c1cccnc1. The first kappa shape index (κ1) is 22.7. The highest BCUT2D eigenvalue weighted by atomic mass is 16.6. The fourth-order valence-electron chi connectivity index (χ4n) is 4.15. The lowest BCUT2D eigenvalue weighted by Crippen LogP contribution is -2.24. The fourth-order valence-corrected chi connectivity index (χ4v) is 4.15. The van der Waals surface area contributed by atoms with Gasteiger partial charge >= 0.3 is 5.97 Å². The van der Waals surface area contributed by atoms with Gasteiger partial charge in [0.15, 0.2) is 6.61 Å². The van der Waals surface area contributed by atoms with E-state index in [1.54, 1.807) is 6.20 Å². The number of hydroxylamine groups is 1. The number of aliphatic carboxylic acids is 1. The van der Waals surface area contributed by atoms with Crippen LogP contribution in [0.4, 0.5) is 0 Å². The number of benzene rings is 2. The molecule has 0 spiro atoms. The Kier molecular flexibility index (Phi) is 7.85. The molecule has 1 aliphatic carbocycles. The van der Waals surface area contributed by atoms with E-state index in [9.17, 15) is 4.79 Å². The molecule has 3 aromatic rings. The number of allylic oxidation sites excluding steroid dienone is 1. The first-order valence-corrected chi connectivity index (χ1v) is 11.2. The number of pyridine rings is 1. The molecule has 0 fully saturated rings. The topological polar surface area (TPSA) is 80.7 Å². The fraction of sp³-hybridized carbons (Fsp3) is 0.259. The standard InChI is InChI=1S/C27H28N2O4/c30-27(31)19-32-26-13-5-11-23-21(9-4-12-24(23)26)14-16-33-29-25(22-10-6-15-28-18-22)17-20-7-2-1-3-8-20/h1-3,5-8,10-11,13-15,18,25,29H,4,9,12,16-17,19H2,(H,30,31)/b21-14-. The summed E-state index contributed by atoms with van der Waals surface area (Å²) < 4.78 is 5.50. The third kappa shape index (κ3) is 6.28. The maximum atomic E-state index is 10.9. The molecule has 1 aliphatic rings. The van der Waals surface area contributed by atoms with E-state index >= 15 is 0 Å². The molecule has 1 heterocycles. The Morgan fingerprint density at radius 1 is 1.09 bits per heavy atom. The van der Waals surface area contributed by atoms with Crippen LogP contribution in [0.5, 0.6) is 5.75 Å². The van der Waals surface area contributed by atoms with Gasteiger partial charge in [-0.1, -0.05) is 54.6 Å². The number of hydrogen-bond acceptors (Lipinski definition) is 5. The summed E-state index contributed by atoms with van der Waals surface area (Å²) in [4.78, 5) is 21.0. The zero-order valence-corrected chi connectivity index (χ0v) is 18.4. The Bertz CT molecular complexity index is 1080. The summed E-state index contributed by atoms with van der Waals surface area (Å²) in [7, 11) is 0. The quantitative estimate of drug-likeness (QED) is 0.346. The zero-order valence-electron chi connectivity index (χ0n) is 18.4. The largest absolute Gasteiger partial charge is 0.482 e. The third-order valence-corrected chi connectivity index (χ3v) is 5.71. The second kappa shape index (κ2) is 11.4. The molecule has 6 nitrogen and oxygen atoms in total. The molecule has 1 aromatic heterocycles. The van der Waals surface area contributed by atoms with Crippen LogP contribution in [0.25, 0.3) is 5.57 Å². The normalized spacial score (nSPS) is 15.1. The van der Waals surface area contributed by atoms with Crippen LogP contribution in [0.3, 0.4) is 0 Å². The number of nitrogens with zero attached hydrogens (tertiary/aromatic N) is 1. The lowest BCUT2D eigenvalue weighted by Gasteiger charge is -2.22. The molecule has 1 unspecified atom stereocenters. The van der Waals surface area contributed by atoms with Crippen LogP contribution < -0.4 is 10.2 Å². The summed E-state index contributed by atoms with van der Waals surface area (Å²) >= 11 is 0. The molecule has 6 heteroatoms. The van der Waals surface area contributed by atoms with E-state index in [1.165, 1.54) is 11.1 Å². The molecule has 0 saturated heterocycles. The first-order chi connectivity index (χ1) is 16.2. The number of ether oxygens (including phenoxy) is 1. The van der Waals surface area contributed by atoms with E-state index in [2.05, 4.69) is 34.7 Å². The van der Waals surface area contributed by atoms with Gasteiger partial charge in [0.05, 0.1) is 12.6 Å². The lowest BCUT2D eigenvalue weighted by atomic mass is 9.86. The van der Waals surface area contributed by atoms with E-state index in [1.807, 2.05) is 48.7 Å². The molecule has 2 aromatic carbocycles. The van der Waals surface area contributed by atoms with Crippen LogP contribution in [0.2, 0.25) is 0 Å². The van der Waals surface area contributed by atoms with Crippen molar-refractivity contribution in [2.75, 3.05) is 13.2 Å². The summed E-state index contributed by atoms with van der Waals surface area (Å²) in [6.07, 6.45) is 9.33. The van der Waals surface area contributed by atoms with Gasteiger partial charge in [0.2, 0.25) is 0 Å². The molecule has 0 radical (unpaired) electrons. The summed E-state index contributed by atoms with van der Waals surface area (Å²) in [6.45, 7) is 0.0835. The van der Waals surface area contributed by atoms with Gasteiger partial charge in [-0.25, -0.2) is 4.79 Å². The molecule has 4 rings (SSSR count). The highest BCUT2D eigenvalue weighted by molar-refractivity contribution is 5.73. The van der Waals surface area contributed by atoms with Gasteiger partial charge in [-0.3, -0.25) is 9.82 Å². The van der Waals surface area contributed by atoms with Crippen molar-refractivity contribution in [3.05, 3.63) is 101 Å². The van der Waals surface area contributed by atoms with Gasteiger partial charge in [-0.15, -0.1) is 0 Å². The molecular formula is C27H28N2O4. The van der Waals surface area contributed by atoms with Crippen molar-refractivity contribution in [1.29, 1.82) is 0 Å². The summed E-state index contributed by atoms with van der Waals surface area (Å²) in [5.41, 5.74) is 8.88.